The lowest BCUT2D eigenvalue weighted by Gasteiger charge is -2.23. The Balaban J connectivity index is 0.00000161. The number of nitrogens with one attached hydrogen (secondary N) is 1. The van der Waals surface area contributed by atoms with Gasteiger partial charge in [0.15, 0.2) is 0 Å². The van der Waals surface area contributed by atoms with Gasteiger partial charge in [-0.15, -0.1) is 12.4 Å². The molecule has 2 fully saturated rings. The summed E-state index contributed by atoms with van der Waals surface area (Å²) in [4.78, 5) is 18.2. The minimum absolute atomic E-state index is 0. The number of ether oxygens (including phenoxy) is 1. The van der Waals surface area contributed by atoms with E-state index in [4.69, 9.17) is 0 Å². The minimum atomic E-state index is -0.333. The van der Waals surface area contributed by atoms with Gasteiger partial charge in [-0.05, 0) is 31.4 Å². The molecule has 2 unspecified atom stereocenters. The predicted octanol–water partition coefficient (Wildman–Crippen LogP) is 1.62. The summed E-state index contributed by atoms with van der Waals surface area (Å²) in [6, 6.07) is 5.05. The van der Waals surface area contributed by atoms with Gasteiger partial charge in [0.25, 0.3) is 0 Å². The van der Waals surface area contributed by atoms with E-state index in [0.717, 1.165) is 25.3 Å². The maximum atomic E-state index is 11.4. The first-order valence-electron chi connectivity index (χ1n) is 7.26. The van der Waals surface area contributed by atoms with Crippen LogP contribution in [-0.4, -0.2) is 48.1 Å². The first-order chi connectivity index (χ1) is 9.74. The summed E-state index contributed by atoms with van der Waals surface area (Å²) in [6.45, 7) is 3.07. The van der Waals surface area contributed by atoms with Crippen LogP contribution in [0.25, 0.3) is 0 Å². The van der Waals surface area contributed by atoms with Gasteiger partial charge >= 0.3 is 5.97 Å². The molecule has 0 radical (unpaired) electrons. The standard InChI is InChI=1S/C15H21N3O2.ClH/c1-20-15(19)11-2-3-13(16-8-11)9-18-7-6-12-4-5-14(10-18)17-12;/h2-3,8,12,14,17H,4-7,9-10H2,1H3;1H. The van der Waals surface area contributed by atoms with E-state index >= 15 is 0 Å². The molecule has 0 aliphatic carbocycles. The zero-order valence-corrected chi connectivity index (χ0v) is 13.1. The second-order valence-electron chi connectivity index (χ2n) is 5.69. The fourth-order valence-corrected chi connectivity index (χ4v) is 3.14. The van der Waals surface area contributed by atoms with E-state index in [1.165, 1.54) is 26.4 Å². The highest BCUT2D eigenvalue weighted by molar-refractivity contribution is 5.88. The van der Waals surface area contributed by atoms with E-state index in [0.29, 0.717) is 17.6 Å². The third kappa shape index (κ3) is 3.93. The van der Waals surface area contributed by atoms with Gasteiger partial charge in [0.05, 0.1) is 18.4 Å². The number of carbonyl (C=O) groups excluding carboxylic acids is 1. The lowest BCUT2D eigenvalue weighted by atomic mass is 10.1. The summed E-state index contributed by atoms with van der Waals surface area (Å²) in [6.07, 6.45) is 5.43. The van der Waals surface area contributed by atoms with Crippen molar-refractivity contribution < 1.29 is 9.53 Å². The van der Waals surface area contributed by atoms with E-state index in [9.17, 15) is 4.79 Å². The Hall–Kier alpha value is -1.17. The Kier molecular flexibility index (Phi) is 5.56. The number of aromatic nitrogens is 1. The van der Waals surface area contributed by atoms with Crippen molar-refractivity contribution in [2.45, 2.75) is 37.9 Å². The molecule has 1 N–H and O–H groups in total. The van der Waals surface area contributed by atoms with E-state index in [1.807, 2.05) is 6.07 Å². The van der Waals surface area contributed by atoms with Gasteiger partial charge in [0.1, 0.15) is 0 Å². The molecule has 1 aromatic heterocycles. The molecule has 0 amide bonds. The summed E-state index contributed by atoms with van der Waals surface area (Å²) in [5.41, 5.74) is 1.52. The van der Waals surface area contributed by atoms with Crippen LogP contribution >= 0.6 is 12.4 Å². The number of likely N-dealkylation sites (tertiary alicyclic amines) is 1. The summed E-state index contributed by atoms with van der Waals surface area (Å²) in [5, 5.41) is 3.68. The first-order valence-corrected chi connectivity index (χ1v) is 7.26. The summed E-state index contributed by atoms with van der Waals surface area (Å²) in [5.74, 6) is -0.333. The van der Waals surface area contributed by atoms with Crippen molar-refractivity contribution >= 4 is 18.4 Å². The summed E-state index contributed by atoms with van der Waals surface area (Å²) < 4.78 is 4.68. The smallest absolute Gasteiger partial charge is 0.339 e. The molecule has 0 spiro atoms. The number of halogens is 1. The predicted molar refractivity (Wildman–Crippen MR) is 82.7 cm³/mol. The summed E-state index contributed by atoms with van der Waals surface area (Å²) in [7, 11) is 1.38. The van der Waals surface area contributed by atoms with E-state index in [-0.39, 0.29) is 18.4 Å². The molecule has 3 heterocycles. The van der Waals surface area contributed by atoms with E-state index < -0.39 is 0 Å². The zero-order valence-electron chi connectivity index (χ0n) is 12.2. The molecule has 2 saturated heterocycles. The van der Waals surface area contributed by atoms with Crippen LogP contribution in [0.5, 0.6) is 0 Å². The highest BCUT2D eigenvalue weighted by Gasteiger charge is 2.29. The second kappa shape index (κ2) is 7.20. The highest BCUT2D eigenvalue weighted by atomic mass is 35.5. The Labute approximate surface area is 131 Å². The second-order valence-corrected chi connectivity index (χ2v) is 5.69. The molecule has 2 aliphatic rings. The quantitative estimate of drug-likeness (QED) is 0.860. The maximum absolute atomic E-state index is 11.4. The first kappa shape index (κ1) is 16.2. The third-order valence-corrected chi connectivity index (χ3v) is 4.24. The molecule has 2 bridgehead atoms. The van der Waals surface area contributed by atoms with Gasteiger partial charge in [0.2, 0.25) is 0 Å². The van der Waals surface area contributed by atoms with Crippen molar-refractivity contribution in [3.63, 3.8) is 0 Å². The molecular formula is C15H22ClN3O2. The van der Waals surface area contributed by atoms with E-state index in [2.05, 4.69) is 19.9 Å². The number of esters is 1. The number of hydrogen-bond donors (Lipinski definition) is 1. The van der Waals surface area contributed by atoms with Crippen molar-refractivity contribution in [2.75, 3.05) is 20.2 Å². The fourth-order valence-electron chi connectivity index (χ4n) is 3.14. The number of rotatable bonds is 3. The van der Waals surface area contributed by atoms with Gasteiger partial charge in [-0.2, -0.15) is 0 Å². The van der Waals surface area contributed by atoms with Gasteiger partial charge in [0, 0.05) is 37.9 Å². The SMILES string of the molecule is COC(=O)c1ccc(CN2CCC3CCC(C2)N3)nc1.Cl. The average Bonchev–Trinajstić information content (AvgIpc) is 2.81. The number of nitrogens with zero attached hydrogens (tertiary/aromatic N) is 2. The molecule has 2 aliphatic heterocycles. The largest absolute Gasteiger partial charge is 0.465 e. The van der Waals surface area contributed by atoms with Gasteiger partial charge < -0.3 is 10.1 Å². The molecule has 21 heavy (non-hydrogen) atoms. The number of methoxy groups -OCH3 is 1. The molecule has 2 atom stereocenters. The average molecular weight is 312 g/mol. The van der Waals surface area contributed by atoms with Crippen LogP contribution in [0, 0.1) is 0 Å². The molecule has 1 aromatic rings. The Morgan fingerprint density at radius 1 is 1.38 bits per heavy atom. The lowest BCUT2D eigenvalue weighted by molar-refractivity contribution is 0.0600. The highest BCUT2D eigenvalue weighted by Crippen LogP contribution is 2.21. The Morgan fingerprint density at radius 2 is 2.19 bits per heavy atom. The zero-order chi connectivity index (χ0) is 13.9. The van der Waals surface area contributed by atoms with Gasteiger partial charge in [-0.25, -0.2) is 4.79 Å². The van der Waals surface area contributed by atoms with Crippen molar-refractivity contribution in [2.24, 2.45) is 0 Å². The maximum Gasteiger partial charge on any atom is 0.339 e. The Morgan fingerprint density at radius 3 is 2.90 bits per heavy atom. The monoisotopic (exact) mass is 311 g/mol. The molecule has 0 saturated carbocycles. The van der Waals surface area contributed by atoms with Crippen LogP contribution in [0.3, 0.4) is 0 Å². The van der Waals surface area contributed by atoms with Crippen molar-refractivity contribution in [3.8, 4) is 0 Å². The molecule has 5 nitrogen and oxygen atoms in total. The van der Waals surface area contributed by atoms with Gasteiger partial charge in [-0.3, -0.25) is 9.88 Å². The minimum Gasteiger partial charge on any atom is -0.465 e. The fraction of sp³-hybridized carbons (Fsp3) is 0.600. The number of pyridine rings is 1. The molecule has 0 aromatic carbocycles. The van der Waals surface area contributed by atoms with Crippen LogP contribution in [0.15, 0.2) is 18.3 Å². The molecule has 3 rings (SSSR count). The topological polar surface area (TPSA) is 54.5 Å². The van der Waals surface area contributed by atoms with E-state index in [1.54, 1.807) is 12.3 Å². The lowest BCUT2D eigenvalue weighted by Crippen LogP contribution is -2.35. The van der Waals surface area contributed by atoms with Crippen LogP contribution in [0.1, 0.15) is 35.3 Å². The van der Waals surface area contributed by atoms with Crippen LogP contribution in [-0.2, 0) is 11.3 Å². The van der Waals surface area contributed by atoms with Crippen molar-refractivity contribution in [3.05, 3.63) is 29.6 Å². The van der Waals surface area contributed by atoms with Crippen molar-refractivity contribution in [1.82, 2.24) is 15.2 Å². The van der Waals surface area contributed by atoms with Crippen LogP contribution < -0.4 is 5.32 Å². The molecule has 116 valence electrons. The van der Waals surface area contributed by atoms with Crippen LogP contribution in [0.4, 0.5) is 0 Å². The summed E-state index contributed by atoms with van der Waals surface area (Å²) >= 11 is 0. The van der Waals surface area contributed by atoms with Crippen LogP contribution in [0.2, 0.25) is 0 Å². The van der Waals surface area contributed by atoms with Crippen molar-refractivity contribution in [1.29, 1.82) is 0 Å². The molecular weight excluding hydrogens is 290 g/mol. The number of hydrogen-bond acceptors (Lipinski definition) is 5. The van der Waals surface area contributed by atoms with Gasteiger partial charge in [-0.1, -0.05) is 0 Å². The molecule has 6 heteroatoms. The Bertz CT molecular complexity index is 480. The number of fused-ring (bicyclic) bond motifs is 2. The number of carbonyl (C=O) groups is 1. The normalized spacial score (nSPS) is 25.0. The third-order valence-electron chi connectivity index (χ3n) is 4.24.